The molecule has 5 nitrogen and oxygen atoms in total. The van der Waals surface area contributed by atoms with Crippen LogP contribution in [0.4, 0.5) is 0 Å². The molecule has 0 heterocycles. The molecule has 0 aliphatic rings. The lowest BCUT2D eigenvalue weighted by Gasteiger charge is -2.46. The maximum atomic E-state index is 14.4. The second-order valence-electron chi connectivity index (χ2n) is 16.5. The monoisotopic (exact) mass is 612 g/mol. The van der Waals surface area contributed by atoms with Gasteiger partial charge in [-0.25, -0.2) is 0 Å². The lowest BCUT2D eigenvalue weighted by Crippen LogP contribution is -2.54. The van der Waals surface area contributed by atoms with Gasteiger partial charge in [-0.15, -0.1) is 5.92 Å². The van der Waals surface area contributed by atoms with Gasteiger partial charge in [-0.2, -0.15) is 0 Å². The van der Waals surface area contributed by atoms with Gasteiger partial charge in [-0.1, -0.05) is 87.9 Å². The van der Waals surface area contributed by atoms with Crippen LogP contribution >= 0.6 is 0 Å². The number of esters is 1. The first-order chi connectivity index (χ1) is 17.6. The minimum absolute atomic E-state index is 0.00342. The minimum Gasteiger partial charge on any atom is -0.466 e. The number of carbonyl (C=O) groups excluding carboxylic acids is 2. The predicted octanol–water partition coefficient (Wildman–Crippen LogP) is 8.93. The molecule has 40 heavy (non-hydrogen) atoms. The summed E-state index contributed by atoms with van der Waals surface area (Å²) in [4.78, 5) is 27.5. The van der Waals surface area contributed by atoms with Gasteiger partial charge in [0.25, 0.3) is 0 Å². The van der Waals surface area contributed by atoms with Crippen LogP contribution in [0.1, 0.15) is 82.6 Å². The minimum atomic E-state index is -2.31. The molecule has 0 fully saturated rings. The van der Waals surface area contributed by atoms with Gasteiger partial charge in [-0.3, -0.25) is 9.59 Å². The molecule has 234 valence electrons. The van der Waals surface area contributed by atoms with Crippen molar-refractivity contribution in [2.75, 3.05) is 6.61 Å². The summed E-state index contributed by atoms with van der Waals surface area (Å²) in [6.07, 6.45) is -0.886. The van der Waals surface area contributed by atoms with E-state index < -0.39 is 42.1 Å². The highest BCUT2D eigenvalue weighted by atomic mass is 28.4. The van der Waals surface area contributed by atoms with Crippen LogP contribution in [0, 0.1) is 29.1 Å². The van der Waals surface area contributed by atoms with Gasteiger partial charge in [0.15, 0.2) is 16.6 Å². The molecule has 0 bridgehead atoms. The molecule has 0 rings (SSSR count). The van der Waals surface area contributed by atoms with Gasteiger partial charge in [0.05, 0.1) is 25.2 Å². The largest absolute Gasteiger partial charge is 0.466 e. The lowest BCUT2D eigenvalue weighted by atomic mass is 9.73. The Morgan fingerprint density at radius 3 is 1.62 bits per heavy atom. The van der Waals surface area contributed by atoms with E-state index in [1.165, 1.54) is 0 Å². The van der Waals surface area contributed by atoms with E-state index in [0.29, 0.717) is 6.61 Å². The third-order valence-corrected chi connectivity index (χ3v) is 19.8. The van der Waals surface area contributed by atoms with Crippen molar-refractivity contribution in [1.82, 2.24) is 0 Å². The summed E-state index contributed by atoms with van der Waals surface area (Å²) in [5, 5.41) is -0.0759. The first-order valence-corrected chi connectivity index (χ1v) is 24.6. The van der Waals surface area contributed by atoms with E-state index in [-0.39, 0.29) is 40.3 Å². The summed E-state index contributed by atoms with van der Waals surface area (Å²) in [6, 6.07) is 0.911. The number of Topliss-reactive ketones (excluding diaryl/α,β-unsaturated/α-hetero) is 1. The van der Waals surface area contributed by atoms with Crippen molar-refractivity contribution in [1.29, 1.82) is 0 Å². The number of hydrogen-bond donors (Lipinski definition) is 0. The maximum absolute atomic E-state index is 14.4. The Morgan fingerprint density at radius 2 is 1.23 bits per heavy atom. The molecule has 0 aromatic heterocycles. The number of ketones is 1. The highest BCUT2D eigenvalue weighted by molar-refractivity contribution is 6.76. The van der Waals surface area contributed by atoms with Crippen LogP contribution in [-0.4, -0.2) is 55.3 Å². The van der Waals surface area contributed by atoms with E-state index in [9.17, 15) is 9.59 Å². The van der Waals surface area contributed by atoms with Gasteiger partial charge < -0.3 is 13.6 Å². The second-order valence-corrected chi connectivity index (χ2v) is 31.6. The van der Waals surface area contributed by atoms with Crippen LogP contribution in [0.3, 0.4) is 0 Å². The average molecular weight is 613 g/mol. The lowest BCUT2D eigenvalue weighted by molar-refractivity contribution is -0.150. The Labute approximate surface area is 251 Å². The topological polar surface area (TPSA) is 61.8 Å². The zero-order chi connectivity index (χ0) is 32.1. The first kappa shape index (κ1) is 39.3. The molecule has 0 saturated carbocycles. The van der Waals surface area contributed by atoms with Crippen molar-refractivity contribution in [2.45, 2.75) is 157 Å². The number of rotatable bonds is 14. The van der Waals surface area contributed by atoms with Gasteiger partial charge in [0.2, 0.25) is 0 Å². The Bertz CT molecular complexity index is 908. The molecule has 4 atom stereocenters. The molecule has 0 N–H and O–H groups in total. The average Bonchev–Trinajstić information content (AvgIpc) is 2.73. The number of carbonyl (C=O) groups is 2. The molecule has 0 aromatic rings. The Hall–Kier alpha value is -0.729. The van der Waals surface area contributed by atoms with Gasteiger partial charge in [0.1, 0.15) is 5.78 Å². The zero-order valence-corrected chi connectivity index (χ0v) is 32.5. The van der Waals surface area contributed by atoms with Crippen molar-refractivity contribution < 1.29 is 23.2 Å². The number of ether oxygens (including phenoxy) is 1. The Kier molecular flexibility index (Phi) is 13.9. The molecule has 0 amide bonds. The van der Waals surface area contributed by atoms with Crippen molar-refractivity contribution in [2.24, 2.45) is 17.3 Å². The molecular weight excluding hydrogens is 549 g/mol. The van der Waals surface area contributed by atoms with E-state index in [1.54, 1.807) is 0 Å². The van der Waals surface area contributed by atoms with Crippen molar-refractivity contribution >= 4 is 36.5 Å². The first-order valence-electron chi connectivity index (χ1n) is 15.1. The molecular formula is C32H64O5Si3. The Balaban J connectivity index is 6.42. The van der Waals surface area contributed by atoms with Crippen LogP contribution in [0.2, 0.25) is 61.9 Å². The predicted molar refractivity (Wildman–Crippen MR) is 178 cm³/mol. The van der Waals surface area contributed by atoms with Crippen molar-refractivity contribution in [3.63, 3.8) is 0 Å². The summed E-state index contributed by atoms with van der Waals surface area (Å²) in [6.45, 7) is 38.8. The normalized spacial score (nSPS) is 16.9. The van der Waals surface area contributed by atoms with E-state index in [2.05, 4.69) is 99.2 Å². The quantitative estimate of drug-likeness (QED) is 0.111. The summed E-state index contributed by atoms with van der Waals surface area (Å²) in [5.41, 5.74) is -0.929. The van der Waals surface area contributed by atoms with Crippen LogP contribution in [0.5, 0.6) is 0 Å². The van der Waals surface area contributed by atoms with Gasteiger partial charge >= 0.3 is 5.97 Å². The van der Waals surface area contributed by atoms with E-state index in [0.717, 1.165) is 6.04 Å². The summed E-state index contributed by atoms with van der Waals surface area (Å²) in [7, 11) is -5.84. The number of hydrogen-bond acceptors (Lipinski definition) is 5. The summed E-state index contributed by atoms with van der Waals surface area (Å²) >= 11 is 0. The molecule has 0 aliphatic heterocycles. The summed E-state index contributed by atoms with van der Waals surface area (Å²) in [5.74, 6) is 5.50. The SMILES string of the molecule is CC#C[C@H](C)[C@H](O[Si](C)(C)C(C)(C)C)[C@@H](C)C(=O)C(C)(C)[C@H](CC(=O)OCC[Si](C)(C)C)O[Si](C)(C)C(C)(C)C. The van der Waals surface area contributed by atoms with Crippen LogP contribution in [0.25, 0.3) is 0 Å². The zero-order valence-electron chi connectivity index (χ0n) is 29.5. The van der Waals surface area contributed by atoms with E-state index >= 15 is 0 Å². The highest BCUT2D eigenvalue weighted by Crippen LogP contribution is 2.43. The van der Waals surface area contributed by atoms with E-state index in [1.807, 2.05) is 34.6 Å². The van der Waals surface area contributed by atoms with Crippen LogP contribution in [0.15, 0.2) is 0 Å². The van der Waals surface area contributed by atoms with Gasteiger partial charge in [-0.05, 0) is 56.2 Å². The van der Waals surface area contributed by atoms with Crippen LogP contribution in [-0.2, 0) is 23.2 Å². The molecule has 0 unspecified atom stereocenters. The molecule has 0 aromatic carbocycles. The molecule has 0 saturated heterocycles. The Morgan fingerprint density at radius 1 is 0.775 bits per heavy atom. The van der Waals surface area contributed by atoms with Crippen molar-refractivity contribution in [3.8, 4) is 11.8 Å². The third-order valence-electron chi connectivity index (χ3n) is 9.16. The molecule has 0 aliphatic carbocycles. The third kappa shape index (κ3) is 11.5. The highest BCUT2D eigenvalue weighted by Gasteiger charge is 2.50. The van der Waals surface area contributed by atoms with Crippen molar-refractivity contribution in [3.05, 3.63) is 0 Å². The smallest absolute Gasteiger partial charge is 0.308 e. The molecule has 8 heteroatoms. The fraction of sp³-hybridized carbons (Fsp3) is 0.875. The fourth-order valence-electron chi connectivity index (χ4n) is 4.02. The maximum Gasteiger partial charge on any atom is 0.308 e. The fourth-order valence-corrected chi connectivity index (χ4v) is 7.62. The standard InChI is InChI=1S/C32H64O5Si3/c1-19-20-24(2)28(37-40(17,18)31(7,8)9)25(3)29(34)32(10,11)26(36-39(15,16)30(4,5)6)23-27(33)35-21-22-38(12,13)14/h24-26,28H,21-23H2,1-18H3/t24-,25+,26-,28-/m0/s1. The van der Waals surface area contributed by atoms with E-state index in [4.69, 9.17) is 13.6 Å². The summed E-state index contributed by atoms with van der Waals surface area (Å²) < 4.78 is 19.4. The molecule has 0 radical (unpaired) electrons. The van der Waals surface area contributed by atoms with Gasteiger partial charge in [0, 0.05) is 25.3 Å². The molecule has 0 spiro atoms. The second kappa shape index (κ2) is 14.2. The van der Waals surface area contributed by atoms with Crippen LogP contribution < -0.4 is 0 Å².